The molecule has 5 nitrogen and oxygen atoms in total. The topological polar surface area (TPSA) is 72.2 Å². The molecule has 1 unspecified atom stereocenters. The number of benzene rings is 1. The molecule has 0 aliphatic heterocycles. The van der Waals surface area contributed by atoms with Crippen LogP contribution in [-0.2, 0) is 4.79 Å². The maximum absolute atomic E-state index is 11.4. The third-order valence-electron chi connectivity index (χ3n) is 2.28. The first-order valence-electron chi connectivity index (χ1n) is 5.14. The fourth-order valence-electron chi connectivity index (χ4n) is 1.39. The van der Waals surface area contributed by atoms with Crippen LogP contribution >= 0.6 is 15.9 Å². The number of halogens is 1. The van der Waals surface area contributed by atoms with Gasteiger partial charge >= 0.3 is 0 Å². The minimum atomic E-state index is -0.448. The van der Waals surface area contributed by atoms with Gasteiger partial charge in [0, 0.05) is 23.9 Å². The Labute approximate surface area is 107 Å². The van der Waals surface area contributed by atoms with Crippen molar-refractivity contribution in [3.8, 4) is 0 Å². The lowest BCUT2D eigenvalue weighted by Crippen LogP contribution is -2.26. The van der Waals surface area contributed by atoms with Crippen molar-refractivity contribution in [2.45, 2.75) is 19.4 Å². The van der Waals surface area contributed by atoms with E-state index in [2.05, 4.69) is 21.2 Å². The van der Waals surface area contributed by atoms with Crippen molar-refractivity contribution in [1.82, 2.24) is 5.32 Å². The Bertz CT molecular complexity index is 423. The predicted octanol–water partition coefficient (Wildman–Crippen LogP) is 2.56. The number of nitro benzene ring substituents is 1. The Kier molecular flexibility index (Phi) is 5.09. The molecule has 1 amide bonds. The van der Waals surface area contributed by atoms with Crippen LogP contribution in [0.25, 0.3) is 0 Å². The number of alkyl halides is 1. The number of rotatable bonds is 5. The zero-order valence-electron chi connectivity index (χ0n) is 9.35. The van der Waals surface area contributed by atoms with Crippen molar-refractivity contribution >= 4 is 27.5 Å². The lowest BCUT2D eigenvalue weighted by molar-refractivity contribution is -0.384. The minimum absolute atomic E-state index is 0.0316. The zero-order valence-corrected chi connectivity index (χ0v) is 10.9. The van der Waals surface area contributed by atoms with Crippen molar-refractivity contribution in [1.29, 1.82) is 0 Å². The van der Waals surface area contributed by atoms with E-state index in [0.29, 0.717) is 11.8 Å². The van der Waals surface area contributed by atoms with Gasteiger partial charge in [0.25, 0.3) is 5.69 Å². The second kappa shape index (κ2) is 6.34. The van der Waals surface area contributed by atoms with Gasteiger partial charge in [0.05, 0.1) is 11.0 Å². The molecule has 0 spiro atoms. The van der Waals surface area contributed by atoms with Gasteiger partial charge in [-0.3, -0.25) is 14.9 Å². The highest BCUT2D eigenvalue weighted by Gasteiger charge is 2.12. The summed E-state index contributed by atoms with van der Waals surface area (Å²) >= 11 is 3.18. The van der Waals surface area contributed by atoms with Crippen LogP contribution in [0.2, 0.25) is 0 Å². The van der Waals surface area contributed by atoms with E-state index in [1.54, 1.807) is 19.1 Å². The zero-order chi connectivity index (χ0) is 12.8. The first kappa shape index (κ1) is 13.6. The molecule has 0 bridgehead atoms. The molecule has 0 saturated heterocycles. The van der Waals surface area contributed by atoms with E-state index in [4.69, 9.17) is 0 Å². The van der Waals surface area contributed by atoms with Gasteiger partial charge in [-0.2, -0.15) is 0 Å². The molecule has 0 saturated carbocycles. The predicted molar refractivity (Wildman–Crippen MR) is 68.1 cm³/mol. The molecule has 1 N–H and O–H groups in total. The van der Waals surface area contributed by atoms with Crippen LogP contribution in [0.1, 0.15) is 24.9 Å². The fourth-order valence-corrected chi connectivity index (χ4v) is 1.75. The Morgan fingerprint density at radius 2 is 2.29 bits per heavy atom. The Morgan fingerprint density at radius 1 is 1.59 bits per heavy atom. The number of hydrogen-bond acceptors (Lipinski definition) is 3. The smallest absolute Gasteiger partial charge is 0.269 e. The average molecular weight is 301 g/mol. The lowest BCUT2D eigenvalue weighted by atomic mass is 10.1. The number of carbonyl (C=O) groups excluding carboxylic acids is 1. The molecule has 6 heteroatoms. The van der Waals surface area contributed by atoms with E-state index in [0.717, 1.165) is 5.56 Å². The average Bonchev–Trinajstić information content (AvgIpc) is 2.29. The first-order valence-corrected chi connectivity index (χ1v) is 6.26. The van der Waals surface area contributed by atoms with Crippen LogP contribution in [0.5, 0.6) is 0 Å². The van der Waals surface area contributed by atoms with Crippen molar-refractivity contribution in [2.24, 2.45) is 0 Å². The van der Waals surface area contributed by atoms with E-state index in [9.17, 15) is 14.9 Å². The Morgan fingerprint density at radius 3 is 2.88 bits per heavy atom. The maximum Gasteiger partial charge on any atom is 0.269 e. The Balaban J connectivity index is 2.75. The molecule has 92 valence electrons. The summed E-state index contributed by atoms with van der Waals surface area (Å²) in [4.78, 5) is 21.5. The molecule has 0 radical (unpaired) electrons. The third-order valence-corrected chi connectivity index (χ3v) is 2.68. The molecule has 1 rings (SSSR count). The standard InChI is InChI=1S/C11H13BrN2O3/c1-8(13-11(15)5-6-12)9-3-2-4-10(7-9)14(16)17/h2-4,7-8H,5-6H2,1H3,(H,13,15). The molecule has 17 heavy (non-hydrogen) atoms. The second-order valence-electron chi connectivity index (χ2n) is 3.58. The molecule has 0 aromatic heterocycles. The first-order chi connectivity index (χ1) is 8.04. The van der Waals surface area contributed by atoms with Crippen molar-refractivity contribution < 1.29 is 9.72 Å². The molecule has 0 fully saturated rings. The summed E-state index contributed by atoms with van der Waals surface area (Å²) in [6, 6.07) is 6.03. The summed E-state index contributed by atoms with van der Waals surface area (Å²) in [6.07, 6.45) is 0.388. The van der Waals surface area contributed by atoms with Gasteiger partial charge in [-0.05, 0) is 12.5 Å². The summed E-state index contributed by atoms with van der Waals surface area (Å²) in [5, 5.41) is 14.0. The van der Waals surface area contributed by atoms with Crippen molar-refractivity contribution in [2.75, 3.05) is 5.33 Å². The number of carbonyl (C=O) groups is 1. The molecule has 1 aromatic rings. The quantitative estimate of drug-likeness (QED) is 0.516. The van der Waals surface area contributed by atoms with Crippen molar-refractivity contribution in [3.63, 3.8) is 0 Å². The van der Waals surface area contributed by atoms with Crippen LogP contribution in [0.3, 0.4) is 0 Å². The monoisotopic (exact) mass is 300 g/mol. The summed E-state index contributed by atoms with van der Waals surface area (Å²) in [5.74, 6) is -0.0825. The van der Waals surface area contributed by atoms with E-state index in [1.807, 2.05) is 0 Å². The van der Waals surface area contributed by atoms with Gasteiger partial charge < -0.3 is 5.32 Å². The normalized spacial score (nSPS) is 11.9. The number of amides is 1. The molecule has 0 heterocycles. The van der Waals surface area contributed by atoms with E-state index < -0.39 is 4.92 Å². The van der Waals surface area contributed by atoms with E-state index in [1.165, 1.54) is 12.1 Å². The molecule has 0 aliphatic rings. The summed E-state index contributed by atoms with van der Waals surface area (Å²) in [7, 11) is 0. The largest absolute Gasteiger partial charge is 0.350 e. The van der Waals surface area contributed by atoms with Crippen LogP contribution in [0.4, 0.5) is 5.69 Å². The summed E-state index contributed by atoms with van der Waals surface area (Å²) < 4.78 is 0. The molecule has 1 atom stereocenters. The Hall–Kier alpha value is -1.43. The highest BCUT2D eigenvalue weighted by Crippen LogP contribution is 2.18. The SMILES string of the molecule is CC(NC(=O)CCBr)c1cccc([N+](=O)[O-])c1. The van der Waals surface area contributed by atoms with Gasteiger partial charge in [0.2, 0.25) is 5.91 Å². The molecule has 0 aliphatic carbocycles. The lowest BCUT2D eigenvalue weighted by Gasteiger charge is -2.13. The van der Waals surface area contributed by atoms with Gasteiger partial charge in [0.1, 0.15) is 0 Å². The maximum atomic E-state index is 11.4. The number of nitrogens with one attached hydrogen (secondary N) is 1. The van der Waals surface area contributed by atoms with Gasteiger partial charge in [0.15, 0.2) is 0 Å². The number of nitro groups is 1. The summed E-state index contributed by atoms with van der Waals surface area (Å²) in [6.45, 7) is 1.80. The van der Waals surface area contributed by atoms with Crippen molar-refractivity contribution in [3.05, 3.63) is 39.9 Å². The number of hydrogen-bond donors (Lipinski definition) is 1. The molecular weight excluding hydrogens is 288 g/mol. The minimum Gasteiger partial charge on any atom is -0.350 e. The number of non-ortho nitro benzene ring substituents is 1. The molecular formula is C11H13BrN2O3. The van der Waals surface area contributed by atoms with E-state index >= 15 is 0 Å². The van der Waals surface area contributed by atoms with Gasteiger partial charge in [-0.1, -0.05) is 28.1 Å². The second-order valence-corrected chi connectivity index (χ2v) is 4.37. The highest BCUT2D eigenvalue weighted by atomic mass is 79.9. The summed E-state index contributed by atoms with van der Waals surface area (Å²) in [5.41, 5.74) is 0.756. The fraction of sp³-hybridized carbons (Fsp3) is 0.364. The van der Waals surface area contributed by atoms with Crippen LogP contribution < -0.4 is 5.32 Å². The number of nitrogens with zero attached hydrogens (tertiary/aromatic N) is 1. The van der Waals surface area contributed by atoms with Gasteiger partial charge in [-0.25, -0.2) is 0 Å². The van der Waals surface area contributed by atoms with Crippen LogP contribution in [0.15, 0.2) is 24.3 Å². The van der Waals surface area contributed by atoms with Crippen LogP contribution in [0, 0.1) is 10.1 Å². The third kappa shape index (κ3) is 4.14. The van der Waals surface area contributed by atoms with E-state index in [-0.39, 0.29) is 17.6 Å². The van der Waals surface area contributed by atoms with Crippen LogP contribution in [-0.4, -0.2) is 16.2 Å². The van der Waals surface area contributed by atoms with Gasteiger partial charge in [-0.15, -0.1) is 0 Å². The highest BCUT2D eigenvalue weighted by molar-refractivity contribution is 9.09. The molecule has 1 aromatic carbocycles.